The van der Waals surface area contributed by atoms with Gasteiger partial charge in [-0.05, 0) is 13.0 Å². The van der Waals surface area contributed by atoms with E-state index in [1.807, 2.05) is 0 Å². The molecule has 1 aromatic heterocycles. The lowest BCUT2D eigenvalue weighted by atomic mass is 10.2. The SMILES string of the molecule is COC(=O)c1cc(CS(=O)(=O)F)oc1C. The van der Waals surface area contributed by atoms with E-state index in [0.29, 0.717) is 0 Å². The highest BCUT2D eigenvalue weighted by atomic mass is 32.3. The van der Waals surface area contributed by atoms with Gasteiger partial charge in [0.1, 0.15) is 22.8 Å². The summed E-state index contributed by atoms with van der Waals surface area (Å²) >= 11 is 0. The third-order valence-corrected chi connectivity index (χ3v) is 2.32. The third-order valence-electron chi connectivity index (χ3n) is 1.69. The van der Waals surface area contributed by atoms with Gasteiger partial charge in [0, 0.05) is 0 Å². The van der Waals surface area contributed by atoms with E-state index in [-0.39, 0.29) is 17.1 Å². The summed E-state index contributed by atoms with van der Waals surface area (Å²) in [5.74, 6) is -1.47. The Morgan fingerprint density at radius 2 is 2.20 bits per heavy atom. The number of furan rings is 1. The van der Waals surface area contributed by atoms with Gasteiger partial charge in [-0.15, -0.1) is 3.89 Å². The number of methoxy groups -OCH3 is 1. The van der Waals surface area contributed by atoms with Gasteiger partial charge in [-0.1, -0.05) is 0 Å². The van der Waals surface area contributed by atoms with Gasteiger partial charge in [0.25, 0.3) is 0 Å². The molecule has 0 bridgehead atoms. The van der Waals surface area contributed by atoms with E-state index >= 15 is 0 Å². The van der Waals surface area contributed by atoms with Crippen LogP contribution in [0.4, 0.5) is 3.89 Å². The van der Waals surface area contributed by atoms with Gasteiger partial charge >= 0.3 is 16.2 Å². The summed E-state index contributed by atoms with van der Waals surface area (Å²) in [7, 11) is -3.48. The quantitative estimate of drug-likeness (QED) is 0.581. The average Bonchev–Trinajstić information content (AvgIpc) is 2.42. The van der Waals surface area contributed by atoms with Crippen molar-refractivity contribution in [1.29, 1.82) is 0 Å². The molecule has 1 heterocycles. The lowest BCUT2D eigenvalue weighted by Crippen LogP contribution is -2.00. The molecule has 0 aliphatic rings. The van der Waals surface area contributed by atoms with Crippen molar-refractivity contribution < 1.29 is 26.3 Å². The summed E-state index contributed by atoms with van der Waals surface area (Å²) in [5.41, 5.74) is 0.0937. The first-order valence-electron chi connectivity index (χ1n) is 3.93. The number of carbonyl (C=O) groups is 1. The lowest BCUT2D eigenvalue weighted by molar-refractivity contribution is 0.0599. The maximum atomic E-state index is 12.3. The van der Waals surface area contributed by atoms with Crippen LogP contribution in [0, 0.1) is 6.92 Å². The van der Waals surface area contributed by atoms with Gasteiger partial charge < -0.3 is 9.15 Å². The van der Waals surface area contributed by atoms with Crippen molar-refractivity contribution in [1.82, 2.24) is 0 Å². The number of halogens is 1. The summed E-state index contributed by atoms with van der Waals surface area (Å²) in [4.78, 5) is 11.1. The molecule has 15 heavy (non-hydrogen) atoms. The van der Waals surface area contributed by atoms with E-state index in [0.717, 1.165) is 6.07 Å². The third kappa shape index (κ3) is 3.05. The summed E-state index contributed by atoms with van der Waals surface area (Å²) < 4.78 is 42.2. The molecule has 0 amide bonds. The van der Waals surface area contributed by atoms with Gasteiger partial charge in [-0.2, -0.15) is 8.42 Å². The second-order valence-corrected chi connectivity index (χ2v) is 4.22. The molecule has 0 saturated carbocycles. The molecular weight excluding hydrogens is 227 g/mol. The Morgan fingerprint density at radius 3 is 2.67 bits per heavy atom. The maximum Gasteiger partial charge on any atom is 0.341 e. The fourth-order valence-corrected chi connectivity index (χ4v) is 1.58. The van der Waals surface area contributed by atoms with Crippen LogP contribution in [0.5, 0.6) is 0 Å². The Morgan fingerprint density at radius 1 is 1.60 bits per heavy atom. The highest BCUT2D eigenvalue weighted by Gasteiger charge is 2.19. The average molecular weight is 236 g/mol. The van der Waals surface area contributed by atoms with Crippen molar-refractivity contribution in [2.75, 3.05) is 7.11 Å². The second-order valence-electron chi connectivity index (χ2n) is 2.86. The normalized spacial score (nSPS) is 11.4. The van der Waals surface area contributed by atoms with E-state index in [4.69, 9.17) is 4.42 Å². The Labute approximate surface area is 86.0 Å². The van der Waals surface area contributed by atoms with Gasteiger partial charge in [-0.25, -0.2) is 4.79 Å². The Balaban J connectivity index is 3.01. The zero-order chi connectivity index (χ0) is 11.6. The van der Waals surface area contributed by atoms with Crippen LogP contribution in [0.3, 0.4) is 0 Å². The van der Waals surface area contributed by atoms with Gasteiger partial charge in [-0.3, -0.25) is 0 Å². The Kier molecular flexibility index (Phi) is 3.13. The molecule has 0 fully saturated rings. The number of hydrogen-bond acceptors (Lipinski definition) is 5. The van der Waals surface area contributed by atoms with Crippen molar-refractivity contribution in [2.45, 2.75) is 12.7 Å². The molecular formula is C8H9FO5S. The summed E-state index contributed by atoms with van der Waals surface area (Å²) in [5, 5.41) is 0. The highest BCUT2D eigenvalue weighted by Crippen LogP contribution is 2.18. The number of rotatable bonds is 3. The highest BCUT2D eigenvalue weighted by molar-refractivity contribution is 7.85. The van der Waals surface area contributed by atoms with Gasteiger partial charge in [0.15, 0.2) is 0 Å². The molecule has 0 N–H and O–H groups in total. The van der Waals surface area contributed by atoms with Crippen LogP contribution in [0.1, 0.15) is 21.9 Å². The van der Waals surface area contributed by atoms with Crippen LogP contribution >= 0.6 is 0 Å². The van der Waals surface area contributed by atoms with Crippen LogP contribution in [-0.4, -0.2) is 21.5 Å². The molecule has 0 unspecified atom stereocenters. The first-order valence-corrected chi connectivity index (χ1v) is 5.48. The van der Waals surface area contributed by atoms with Crippen LogP contribution in [-0.2, 0) is 20.7 Å². The molecule has 0 saturated heterocycles. The lowest BCUT2D eigenvalue weighted by Gasteiger charge is -1.93. The van der Waals surface area contributed by atoms with Gasteiger partial charge in [0.05, 0.1) is 7.11 Å². The molecule has 0 aliphatic carbocycles. The van der Waals surface area contributed by atoms with Crippen molar-refractivity contribution in [3.63, 3.8) is 0 Å². The standard InChI is InChI=1S/C8H9FO5S/c1-5-7(8(10)13-2)3-6(14-5)4-15(9,11)12/h3H,4H2,1-2H3. The van der Waals surface area contributed by atoms with E-state index < -0.39 is 21.9 Å². The van der Waals surface area contributed by atoms with E-state index in [2.05, 4.69) is 4.74 Å². The summed E-state index contributed by atoms with van der Waals surface area (Å²) in [6.07, 6.45) is 0. The van der Waals surface area contributed by atoms with Gasteiger partial charge in [0.2, 0.25) is 0 Å². The second kappa shape index (κ2) is 4.01. The Bertz CT molecular complexity index is 473. The number of esters is 1. The number of carbonyl (C=O) groups excluding carboxylic acids is 1. The molecule has 5 nitrogen and oxygen atoms in total. The van der Waals surface area contributed by atoms with Crippen molar-refractivity contribution >= 4 is 16.2 Å². The largest absolute Gasteiger partial charge is 0.465 e. The molecule has 0 aromatic carbocycles. The minimum absolute atomic E-state index is 0.0937. The van der Waals surface area contributed by atoms with Crippen LogP contribution < -0.4 is 0 Å². The molecule has 84 valence electrons. The van der Waals surface area contributed by atoms with Crippen molar-refractivity contribution in [3.05, 3.63) is 23.2 Å². The zero-order valence-corrected chi connectivity index (χ0v) is 8.93. The predicted molar refractivity (Wildman–Crippen MR) is 48.5 cm³/mol. The first-order chi connectivity index (χ1) is 6.83. The van der Waals surface area contributed by atoms with E-state index in [1.165, 1.54) is 14.0 Å². The van der Waals surface area contributed by atoms with E-state index in [9.17, 15) is 17.1 Å². The molecule has 1 aromatic rings. The fourth-order valence-electron chi connectivity index (χ4n) is 1.10. The maximum absolute atomic E-state index is 12.3. The Hall–Kier alpha value is -1.37. The monoisotopic (exact) mass is 236 g/mol. The smallest absolute Gasteiger partial charge is 0.341 e. The zero-order valence-electron chi connectivity index (χ0n) is 8.11. The minimum atomic E-state index is -4.66. The molecule has 0 atom stereocenters. The summed E-state index contributed by atoms with van der Waals surface area (Å²) in [6, 6.07) is 1.15. The number of aryl methyl sites for hydroxylation is 1. The first kappa shape index (κ1) is 11.7. The van der Waals surface area contributed by atoms with Crippen LogP contribution in [0.15, 0.2) is 10.5 Å². The van der Waals surface area contributed by atoms with E-state index in [1.54, 1.807) is 0 Å². The van der Waals surface area contributed by atoms with Crippen molar-refractivity contribution in [3.8, 4) is 0 Å². The fraction of sp³-hybridized carbons (Fsp3) is 0.375. The molecule has 0 aliphatic heterocycles. The van der Waals surface area contributed by atoms with Crippen LogP contribution in [0.2, 0.25) is 0 Å². The minimum Gasteiger partial charge on any atom is -0.465 e. The molecule has 0 spiro atoms. The van der Waals surface area contributed by atoms with Crippen LogP contribution in [0.25, 0.3) is 0 Å². The molecule has 0 radical (unpaired) electrons. The van der Waals surface area contributed by atoms with Crippen molar-refractivity contribution in [2.24, 2.45) is 0 Å². The summed E-state index contributed by atoms with van der Waals surface area (Å²) in [6.45, 7) is 1.46. The molecule has 7 heteroatoms. The topological polar surface area (TPSA) is 73.6 Å². The molecule has 1 rings (SSSR count). The predicted octanol–water partition coefficient (Wildman–Crippen LogP) is 1.17. The number of hydrogen-bond donors (Lipinski definition) is 0. The number of ether oxygens (including phenoxy) is 1.